The van der Waals surface area contributed by atoms with Crippen molar-refractivity contribution in [2.45, 2.75) is 38.6 Å². The summed E-state index contributed by atoms with van der Waals surface area (Å²) in [4.78, 5) is 3.12. The maximum atomic E-state index is 13.6. The number of imidazole rings is 1. The minimum Gasteiger partial charge on any atom is -0.330 e. The quantitative estimate of drug-likeness (QED) is 0.692. The van der Waals surface area contributed by atoms with Crippen LogP contribution in [0.3, 0.4) is 0 Å². The third kappa shape index (κ3) is 2.38. The van der Waals surface area contributed by atoms with Crippen LogP contribution in [0.1, 0.15) is 38.6 Å². The Hall–Kier alpha value is -0.680. The normalized spacial score (nSPS) is 23.9. The van der Waals surface area contributed by atoms with Gasteiger partial charge in [0.05, 0.1) is 15.5 Å². The molecule has 3 rings (SSSR count). The molecule has 0 amide bonds. The second-order valence-corrected chi connectivity index (χ2v) is 6.74. The molecule has 0 aliphatic heterocycles. The molecule has 0 bridgehead atoms. The van der Waals surface area contributed by atoms with E-state index >= 15 is 0 Å². The zero-order chi connectivity index (χ0) is 13.6. The van der Waals surface area contributed by atoms with Crippen molar-refractivity contribution in [2.75, 3.05) is 0 Å². The molecule has 1 saturated carbocycles. The van der Waals surface area contributed by atoms with Crippen molar-refractivity contribution >= 4 is 39.2 Å². The number of halogens is 2. The zero-order valence-electron chi connectivity index (χ0n) is 10.7. The van der Waals surface area contributed by atoms with Gasteiger partial charge in [-0.1, -0.05) is 6.92 Å². The Balaban J connectivity index is 2.10. The topological polar surface area (TPSA) is 20.7 Å². The van der Waals surface area contributed by atoms with E-state index in [0.29, 0.717) is 15.3 Å². The molecule has 102 valence electrons. The molecule has 1 N–H and O–H groups in total. The summed E-state index contributed by atoms with van der Waals surface area (Å²) < 4.78 is 16.9. The van der Waals surface area contributed by atoms with Gasteiger partial charge >= 0.3 is 0 Å². The number of H-pyrrole nitrogens is 1. The third-order valence-corrected chi connectivity index (χ3v) is 5.02. The molecule has 0 saturated heterocycles. The Labute approximate surface area is 125 Å². The molecule has 0 radical (unpaired) electrons. The zero-order valence-corrected chi connectivity index (χ0v) is 13.2. The molecule has 1 heterocycles. The van der Waals surface area contributed by atoms with Crippen LogP contribution in [0.25, 0.3) is 11.0 Å². The molecule has 2 aromatic rings. The van der Waals surface area contributed by atoms with Gasteiger partial charge in [-0.3, -0.25) is 0 Å². The number of benzene rings is 1. The number of rotatable bonds is 1. The fourth-order valence-corrected chi connectivity index (χ4v) is 3.67. The average Bonchev–Trinajstić information content (AvgIpc) is 2.67. The fraction of sp³-hybridized carbons (Fsp3) is 0.500. The summed E-state index contributed by atoms with van der Waals surface area (Å²) in [5.74, 6) is 0.549. The lowest BCUT2D eigenvalue weighted by molar-refractivity contribution is 0.292. The summed E-state index contributed by atoms with van der Waals surface area (Å²) >= 11 is 8.68. The van der Waals surface area contributed by atoms with Gasteiger partial charge in [0.25, 0.3) is 0 Å². The van der Waals surface area contributed by atoms with Crippen LogP contribution in [0.4, 0.5) is 4.39 Å². The van der Waals surface area contributed by atoms with E-state index in [1.54, 1.807) is 0 Å². The van der Waals surface area contributed by atoms with Gasteiger partial charge in [-0.05, 0) is 65.8 Å². The van der Waals surface area contributed by atoms with Gasteiger partial charge < -0.3 is 9.55 Å². The molecule has 1 aromatic heterocycles. The highest BCUT2D eigenvalue weighted by atomic mass is 79.9. The Bertz CT molecular complexity index is 668. The van der Waals surface area contributed by atoms with Gasteiger partial charge in [0.2, 0.25) is 0 Å². The van der Waals surface area contributed by atoms with Gasteiger partial charge in [0.15, 0.2) is 4.77 Å². The molecule has 0 spiro atoms. The van der Waals surface area contributed by atoms with Gasteiger partial charge in [-0.2, -0.15) is 0 Å². The molecule has 5 heteroatoms. The molecule has 1 aromatic carbocycles. The first-order valence-corrected chi connectivity index (χ1v) is 7.85. The van der Waals surface area contributed by atoms with E-state index in [2.05, 4.69) is 32.4 Å². The highest BCUT2D eigenvalue weighted by molar-refractivity contribution is 9.10. The standard InChI is InChI=1S/C14H16BrFN2S/c1-8-2-4-9(5-3-8)18-13-6-10(15)11(16)7-12(13)17-14(18)19/h6-9H,2-5H2,1H3,(H,17,19). The lowest BCUT2D eigenvalue weighted by Gasteiger charge is -2.27. The summed E-state index contributed by atoms with van der Waals surface area (Å²) in [6.45, 7) is 2.30. The smallest absolute Gasteiger partial charge is 0.178 e. The van der Waals surface area contributed by atoms with Crippen molar-refractivity contribution < 1.29 is 4.39 Å². The van der Waals surface area contributed by atoms with Crippen LogP contribution in [-0.4, -0.2) is 9.55 Å². The number of aromatic nitrogens is 2. The minimum absolute atomic E-state index is 0.256. The van der Waals surface area contributed by atoms with Crippen molar-refractivity contribution in [1.29, 1.82) is 0 Å². The van der Waals surface area contributed by atoms with E-state index < -0.39 is 0 Å². The summed E-state index contributed by atoms with van der Waals surface area (Å²) in [5.41, 5.74) is 1.78. The monoisotopic (exact) mass is 342 g/mol. The minimum atomic E-state index is -0.256. The number of fused-ring (bicyclic) bond motifs is 1. The van der Waals surface area contributed by atoms with Crippen LogP contribution in [0.2, 0.25) is 0 Å². The summed E-state index contributed by atoms with van der Waals surface area (Å²) in [6.07, 6.45) is 4.78. The number of hydrogen-bond acceptors (Lipinski definition) is 1. The van der Waals surface area contributed by atoms with Gasteiger partial charge in [-0.25, -0.2) is 4.39 Å². The molecule has 0 atom stereocenters. The number of hydrogen-bond donors (Lipinski definition) is 1. The Morgan fingerprint density at radius 3 is 2.68 bits per heavy atom. The van der Waals surface area contributed by atoms with Gasteiger partial charge in [0, 0.05) is 12.1 Å². The molecule has 0 unspecified atom stereocenters. The number of aromatic amines is 1. The molecular weight excluding hydrogens is 327 g/mol. The van der Waals surface area contributed by atoms with Crippen molar-refractivity contribution in [3.8, 4) is 0 Å². The van der Waals surface area contributed by atoms with E-state index in [1.165, 1.54) is 18.9 Å². The maximum absolute atomic E-state index is 13.6. The molecule has 19 heavy (non-hydrogen) atoms. The van der Waals surface area contributed by atoms with E-state index in [4.69, 9.17) is 12.2 Å². The first-order valence-electron chi connectivity index (χ1n) is 6.65. The molecule has 2 nitrogen and oxygen atoms in total. The lowest BCUT2D eigenvalue weighted by atomic mass is 9.87. The molecule has 1 fully saturated rings. The first kappa shape index (κ1) is 13.3. The van der Waals surface area contributed by atoms with Crippen molar-refractivity contribution in [1.82, 2.24) is 9.55 Å². The van der Waals surface area contributed by atoms with E-state index in [9.17, 15) is 4.39 Å². The number of nitrogens with zero attached hydrogens (tertiary/aromatic N) is 1. The first-order chi connectivity index (χ1) is 9.06. The Morgan fingerprint density at radius 2 is 2.00 bits per heavy atom. The van der Waals surface area contributed by atoms with Crippen molar-refractivity contribution in [2.24, 2.45) is 5.92 Å². The van der Waals surface area contributed by atoms with E-state index in [0.717, 1.165) is 29.8 Å². The lowest BCUT2D eigenvalue weighted by Crippen LogP contribution is -2.16. The predicted molar refractivity (Wildman–Crippen MR) is 81.4 cm³/mol. The van der Waals surface area contributed by atoms with Crippen molar-refractivity contribution in [3.63, 3.8) is 0 Å². The van der Waals surface area contributed by atoms with Crippen molar-refractivity contribution in [3.05, 3.63) is 27.2 Å². The van der Waals surface area contributed by atoms with E-state index in [-0.39, 0.29) is 5.82 Å². The largest absolute Gasteiger partial charge is 0.330 e. The van der Waals surface area contributed by atoms with E-state index in [1.807, 2.05) is 6.07 Å². The predicted octanol–water partition coefficient (Wildman–Crippen LogP) is 5.35. The highest BCUT2D eigenvalue weighted by Crippen LogP contribution is 2.35. The van der Waals surface area contributed by atoms with Crippen LogP contribution in [-0.2, 0) is 0 Å². The highest BCUT2D eigenvalue weighted by Gasteiger charge is 2.22. The summed E-state index contributed by atoms with van der Waals surface area (Å²) in [7, 11) is 0. The Morgan fingerprint density at radius 1 is 1.32 bits per heavy atom. The van der Waals surface area contributed by atoms with Crippen LogP contribution in [0.5, 0.6) is 0 Å². The van der Waals surface area contributed by atoms with Crippen LogP contribution >= 0.6 is 28.1 Å². The second-order valence-electron chi connectivity index (χ2n) is 5.50. The van der Waals surface area contributed by atoms with Crippen LogP contribution in [0.15, 0.2) is 16.6 Å². The average molecular weight is 343 g/mol. The second kappa shape index (κ2) is 5.02. The summed E-state index contributed by atoms with van der Waals surface area (Å²) in [6, 6.07) is 3.78. The van der Waals surface area contributed by atoms with Crippen LogP contribution in [0, 0.1) is 16.5 Å². The molecule has 1 aliphatic carbocycles. The SMILES string of the molecule is CC1CCC(n2c(=S)[nH]c3cc(F)c(Br)cc32)CC1. The molecule has 1 aliphatic rings. The Kier molecular flexibility index (Phi) is 3.52. The van der Waals surface area contributed by atoms with Gasteiger partial charge in [-0.15, -0.1) is 0 Å². The van der Waals surface area contributed by atoms with Crippen LogP contribution < -0.4 is 0 Å². The summed E-state index contributed by atoms with van der Waals surface area (Å²) in [5, 5.41) is 0. The third-order valence-electron chi connectivity index (χ3n) is 4.11. The fourth-order valence-electron chi connectivity index (χ4n) is 2.98. The maximum Gasteiger partial charge on any atom is 0.178 e. The van der Waals surface area contributed by atoms with Gasteiger partial charge in [0.1, 0.15) is 5.82 Å². The molecular formula is C14H16BrFN2S. The number of nitrogens with one attached hydrogen (secondary N) is 1.